The second kappa shape index (κ2) is 8.16. The third-order valence-corrected chi connectivity index (χ3v) is 7.46. The predicted octanol–water partition coefficient (Wildman–Crippen LogP) is 4.08. The first-order chi connectivity index (χ1) is 13.5. The molecular formula is C20H22N2O4S2. The molecule has 1 saturated heterocycles. The standard InChI is InChI=1S/C20H22N2O4S2/c1-15-6-8-18(9-7-15)28(23,24)22(14-17-4-2-10-25-17)13-16-12-19(26-21-16)20-5-3-11-27-20/h3,5-9,11-12,17H,2,4,10,13-14H2,1H3. The molecule has 0 N–H and O–H groups in total. The number of rotatable bonds is 7. The third-order valence-electron chi connectivity index (χ3n) is 4.75. The molecule has 1 aliphatic rings. The van der Waals surface area contributed by atoms with Gasteiger partial charge in [-0.3, -0.25) is 0 Å². The van der Waals surface area contributed by atoms with E-state index in [1.54, 1.807) is 29.5 Å². The number of sulfonamides is 1. The van der Waals surface area contributed by atoms with Crippen LogP contribution in [-0.4, -0.2) is 37.1 Å². The zero-order valence-electron chi connectivity index (χ0n) is 15.6. The van der Waals surface area contributed by atoms with Gasteiger partial charge in [-0.25, -0.2) is 8.42 Å². The lowest BCUT2D eigenvalue weighted by Gasteiger charge is -2.24. The summed E-state index contributed by atoms with van der Waals surface area (Å²) in [6.07, 6.45) is 1.72. The Labute approximate surface area is 168 Å². The van der Waals surface area contributed by atoms with E-state index in [9.17, 15) is 8.42 Å². The average molecular weight is 419 g/mol. The van der Waals surface area contributed by atoms with Crippen LogP contribution in [0.4, 0.5) is 0 Å². The molecule has 1 fully saturated rings. The number of benzene rings is 1. The van der Waals surface area contributed by atoms with Crippen LogP contribution in [0.5, 0.6) is 0 Å². The van der Waals surface area contributed by atoms with Crippen LogP contribution in [0.25, 0.3) is 10.6 Å². The second-order valence-electron chi connectivity index (χ2n) is 6.91. The molecule has 3 aromatic rings. The molecule has 0 bridgehead atoms. The molecule has 1 aromatic carbocycles. The summed E-state index contributed by atoms with van der Waals surface area (Å²) in [5.74, 6) is 0.648. The first-order valence-corrected chi connectivity index (χ1v) is 11.5. The second-order valence-corrected chi connectivity index (χ2v) is 9.79. The van der Waals surface area contributed by atoms with Crippen LogP contribution < -0.4 is 0 Å². The van der Waals surface area contributed by atoms with Gasteiger partial charge < -0.3 is 9.26 Å². The van der Waals surface area contributed by atoms with Gasteiger partial charge in [0.2, 0.25) is 10.0 Å². The molecule has 2 aromatic heterocycles. The summed E-state index contributed by atoms with van der Waals surface area (Å²) < 4.78 is 39.1. The van der Waals surface area contributed by atoms with Gasteiger partial charge in [-0.2, -0.15) is 4.31 Å². The number of aryl methyl sites for hydroxylation is 1. The molecule has 148 valence electrons. The first-order valence-electron chi connectivity index (χ1n) is 9.20. The van der Waals surface area contributed by atoms with Crippen LogP contribution in [0.15, 0.2) is 57.3 Å². The van der Waals surface area contributed by atoms with Gasteiger partial charge >= 0.3 is 0 Å². The van der Waals surface area contributed by atoms with Crippen LogP contribution in [0.1, 0.15) is 24.1 Å². The summed E-state index contributed by atoms with van der Waals surface area (Å²) in [5.41, 5.74) is 1.60. The molecule has 0 saturated carbocycles. The van der Waals surface area contributed by atoms with Gasteiger partial charge in [0.25, 0.3) is 0 Å². The van der Waals surface area contributed by atoms with Gasteiger partial charge in [-0.05, 0) is 43.3 Å². The van der Waals surface area contributed by atoms with E-state index in [2.05, 4.69) is 5.16 Å². The third kappa shape index (κ3) is 4.20. The highest BCUT2D eigenvalue weighted by atomic mass is 32.2. The van der Waals surface area contributed by atoms with E-state index in [-0.39, 0.29) is 17.5 Å². The van der Waals surface area contributed by atoms with Crippen LogP contribution in [-0.2, 0) is 21.3 Å². The Hall–Kier alpha value is -2.00. The molecule has 4 rings (SSSR count). The van der Waals surface area contributed by atoms with Crippen molar-refractivity contribution in [1.82, 2.24) is 9.46 Å². The average Bonchev–Trinajstić information content (AvgIpc) is 3.44. The van der Waals surface area contributed by atoms with Crippen LogP contribution in [0.2, 0.25) is 0 Å². The molecular weight excluding hydrogens is 396 g/mol. The number of nitrogens with zero attached hydrogens (tertiary/aromatic N) is 2. The van der Waals surface area contributed by atoms with Gasteiger partial charge in [0.15, 0.2) is 5.76 Å². The number of hydrogen-bond donors (Lipinski definition) is 0. The van der Waals surface area contributed by atoms with Crippen molar-refractivity contribution in [1.29, 1.82) is 0 Å². The van der Waals surface area contributed by atoms with Crippen molar-refractivity contribution in [2.24, 2.45) is 0 Å². The molecule has 1 aliphatic heterocycles. The lowest BCUT2D eigenvalue weighted by atomic mass is 10.2. The Kier molecular flexibility index (Phi) is 5.63. The fourth-order valence-corrected chi connectivity index (χ4v) is 5.34. The molecule has 0 aliphatic carbocycles. The van der Waals surface area contributed by atoms with E-state index in [4.69, 9.17) is 9.26 Å². The zero-order chi connectivity index (χ0) is 19.6. The van der Waals surface area contributed by atoms with E-state index in [1.165, 1.54) is 4.31 Å². The number of aromatic nitrogens is 1. The number of ether oxygens (including phenoxy) is 1. The Morgan fingerprint density at radius 2 is 2.07 bits per heavy atom. The van der Waals surface area contributed by atoms with Gasteiger partial charge in [0.05, 0.1) is 28.1 Å². The summed E-state index contributed by atoms with van der Waals surface area (Å²) >= 11 is 1.55. The van der Waals surface area contributed by atoms with Gasteiger partial charge in [-0.15, -0.1) is 11.3 Å². The first kappa shape index (κ1) is 19.3. The highest BCUT2D eigenvalue weighted by Gasteiger charge is 2.30. The topological polar surface area (TPSA) is 72.6 Å². The van der Waals surface area contributed by atoms with Crippen molar-refractivity contribution in [2.75, 3.05) is 13.2 Å². The van der Waals surface area contributed by atoms with Crippen LogP contribution in [0, 0.1) is 6.92 Å². The maximum atomic E-state index is 13.3. The van der Waals surface area contributed by atoms with Crippen molar-refractivity contribution in [3.8, 4) is 10.6 Å². The maximum absolute atomic E-state index is 13.3. The lowest BCUT2D eigenvalue weighted by molar-refractivity contribution is 0.0922. The molecule has 1 unspecified atom stereocenters. The molecule has 6 nitrogen and oxygen atoms in total. The smallest absolute Gasteiger partial charge is 0.243 e. The SMILES string of the molecule is Cc1ccc(S(=O)(=O)N(Cc2cc(-c3cccs3)on2)CC2CCCO2)cc1. The Morgan fingerprint density at radius 3 is 2.75 bits per heavy atom. The Morgan fingerprint density at radius 1 is 1.25 bits per heavy atom. The van der Waals surface area contributed by atoms with E-state index in [0.717, 1.165) is 23.3 Å². The summed E-state index contributed by atoms with van der Waals surface area (Å²) in [6, 6.07) is 12.6. The van der Waals surface area contributed by atoms with Crippen LogP contribution in [0.3, 0.4) is 0 Å². The fraction of sp³-hybridized carbons (Fsp3) is 0.350. The molecule has 1 atom stereocenters. The highest BCUT2D eigenvalue weighted by molar-refractivity contribution is 7.89. The van der Waals surface area contributed by atoms with Crippen molar-refractivity contribution < 1.29 is 17.7 Å². The summed E-state index contributed by atoms with van der Waals surface area (Å²) in [4.78, 5) is 1.24. The molecule has 8 heteroatoms. The van der Waals surface area contributed by atoms with Crippen molar-refractivity contribution in [3.05, 3.63) is 59.1 Å². The largest absolute Gasteiger partial charge is 0.377 e. The molecule has 0 radical (unpaired) electrons. The van der Waals surface area contributed by atoms with E-state index < -0.39 is 10.0 Å². The molecule has 3 heterocycles. The maximum Gasteiger partial charge on any atom is 0.243 e. The fourth-order valence-electron chi connectivity index (χ4n) is 3.22. The van der Waals surface area contributed by atoms with E-state index in [1.807, 2.05) is 36.6 Å². The zero-order valence-corrected chi connectivity index (χ0v) is 17.2. The minimum Gasteiger partial charge on any atom is -0.377 e. The van der Waals surface area contributed by atoms with Crippen LogP contribution >= 0.6 is 11.3 Å². The van der Waals surface area contributed by atoms with Crippen molar-refractivity contribution in [2.45, 2.75) is 37.3 Å². The van der Waals surface area contributed by atoms with E-state index >= 15 is 0 Å². The normalized spacial score (nSPS) is 17.4. The predicted molar refractivity (Wildman–Crippen MR) is 108 cm³/mol. The Balaban J connectivity index is 1.60. The Bertz CT molecular complexity index is 1000. The van der Waals surface area contributed by atoms with Gasteiger partial charge in [0, 0.05) is 19.2 Å². The number of hydrogen-bond acceptors (Lipinski definition) is 6. The van der Waals surface area contributed by atoms with Gasteiger partial charge in [0.1, 0.15) is 0 Å². The molecule has 0 amide bonds. The monoisotopic (exact) mass is 418 g/mol. The highest BCUT2D eigenvalue weighted by Crippen LogP contribution is 2.27. The summed E-state index contributed by atoms with van der Waals surface area (Å²) in [6.45, 7) is 3.06. The van der Waals surface area contributed by atoms with E-state index in [0.29, 0.717) is 24.6 Å². The molecule has 28 heavy (non-hydrogen) atoms. The van der Waals surface area contributed by atoms with Crippen molar-refractivity contribution in [3.63, 3.8) is 0 Å². The minimum absolute atomic E-state index is 0.0936. The number of thiophene rings is 1. The summed E-state index contributed by atoms with van der Waals surface area (Å²) in [7, 11) is -3.67. The lowest BCUT2D eigenvalue weighted by Crippen LogP contribution is -2.37. The van der Waals surface area contributed by atoms with Gasteiger partial charge in [-0.1, -0.05) is 28.9 Å². The quantitative estimate of drug-likeness (QED) is 0.578. The minimum atomic E-state index is -3.67. The van der Waals surface area contributed by atoms with Crippen molar-refractivity contribution >= 4 is 21.4 Å². The summed E-state index contributed by atoms with van der Waals surface area (Å²) in [5, 5.41) is 6.05. The molecule has 0 spiro atoms.